The van der Waals surface area contributed by atoms with Gasteiger partial charge in [-0.25, -0.2) is 0 Å². The lowest BCUT2D eigenvalue weighted by atomic mass is 10.2. The highest BCUT2D eigenvalue weighted by Crippen LogP contribution is 2.41. The molecule has 0 radical (unpaired) electrons. The molecule has 0 aliphatic heterocycles. The minimum absolute atomic E-state index is 0.173. The van der Waals surface area contributed by atoms with Crippen LogP contribution >= 0.6 is 0 Å². The van der Waals surface area contributed by atoms with Crippen molar-refractivity contribution in [2.75, 3.05) is 0 Å². The van der Waals surface area contributed by atoms with Crippen molar-refractivity contribution >= 4 is 10.8 Å². The highest BCUT2D eigenvalue weighted by molar-refractivity contribution is 5.79. The van der Waals surface area contributed by atoms with Crippen molar-refractivity contribution in [3.05, 3.63) is 43.3 Å². The van der Waals surface area contributed by atoms with Gasteiger partial charge in [-0.3, -0.25) is 24.2 Å². The third-order valence-electron chi connectivity index (χ3n) is 3.66. The Morgan fingerprint density at radius 2 is 1.89 bits per heavy atom. The monoisotopic (exact) mass is 247 g/mol. The first-order chi connectivity index (χ1) is 8.42. The van der Waals surface area contributed by atoms with Crippen molar-refractivity contribution in [3.8, 4) is 0 Å². The molecule has 2 heterocycles. The summed E-state index contributed by atoms with van der Waals surface area (Å²) < 4.78 is 2.65. The zero-order valence-electron chi connectivity index (χ0n) is 10.2. The number of H-pyrrole nitrogens is 1. The van der Waals surface area contributed by atoms with E-state index in [0.29, 0.717) is 0 Å². The molecule has 18 heavy (non-hydrogen) atoms. The molecule has 3 rings (SSSR count). The quantitative estimate of drug-likeness (QED) is 0.764. The van der Waals surface area contributed by atoms with Crippen LogP contribution in [0.1, 0.15) is 19.8 Å². The number of fused-ring (bicyclic) bond motifs is 1. The van der Waals surface area contributed by atoms with E-state index in [0.717, 1.165) is 17.5 Å². The maximum atomic E-state index is 12.0. The molecule has 1 N–H and O–H groups in total. The van der Waals surface area contributed by atoms with Gasteiger partial charge in [0.2, 0.25) is 0 Å². The second-order valence-corrected chi connectivity index (χ2v) is 5.11. The van der Waals surface area contributed by atoms with E-state index in [4.69, 9.17) is 0 Å². The van der Waals surface area contributed by atoms with E-state index in [2.05, 4.69) is 5.10 Å². The van der Waals surface area contributed by atoms with Crippen molar-refractivity contribution in [1.29, 1.82) is 0 Å². The van der Waals surface area contributed by atoms with Crippen LogP contribution < -0.4 is 16.7 Å². The molecular weight excluding hydrogens is 234 g/mol. The van der Waals surface area contributed by atoms with Crippen LogP contribution in [0.5, 0.6) is 0 Å². The molecule has 0 spiro atoms. The molecule has 0 saturated heterocycles. The summed E-state index contributed by atoms with van der Waals surface area (Å²) >= 11 is 0. The van der Waals surface area contributed by atoms with Crippen LogP contribution in [0, 0.1) is 0 Å². The molecule has 0 amide bonds. The SMILES string of the molecule is Cn1[nH]c(=O)c2cn(C3(C)CC3)c(=O)cc2c1=O. The summed E-state index contributed by atoms with van der Waals surface area (Å²) in [4.78, 5) is 35.7. The molecular formula is C12H13N3O3. The number of hydrogen-bond donors (Lipinski definition) is 1. The van der Waals surface area contributed by atoms with Crippen LogP contribution in [0.4, 0.5) is 0 Å². The molecule has 0 unspecified atom stereocenters. The molecule has 6 heteroatoms. The summed E-state index contributed by atoms with van der Waals surface area (Å²) in [6.45, 7) is 1.97. The number of aromatic nitrogens is 3. The van der Waals surface area contributed by atoms with Gasteiger partial charge < -0.3 is 4.57 Å². The van der Waals surface area contributed by atoms with Gasteiger partial charge in [0.25, 0.3) is 16.7 Å². The minimum Gasteiger partial charge on any atom is -0.309 e. The lowest BCUT2D eigenvalue weighted by molar-refractivity contribution is 0.515. The van der Waals surface area contributed by atoms with Gasteiger partial charge in [0.15, 0.2) is 0 Å². The van der Waals surface area contributed by atoms with Gasteiger partial charge in [0.05, 0.1) is 10.8 Å². The third-order valence-corrected chi connectivity index (χ3v) is 3.66. The standard InChI is InChI=1S/C12H13N3O3/c1-12(3-4-12)15-6-8-7(5-9(15)16)11(18)14(2)13-10(8)17/h5-6H,3-4H2,1-2H3,(H,13,17). The van der Waals surface area contributed by atoms with Gasteiger partial charge in [-0.15, -0.1) is 0 Å². The molecule has 6 nitrogen and oxygen atoms in total. The lowest BCUT2D eigenvalue weighted by Gasteiger charge is -2.13. The van der Waals surface area contributed by atoms with Crippen LogP contribution in [0.15, 0.2) is 26.6 Å². The minimum atomic E-state index is -0.366. The smallest absolute Gasteiger partial charge is 0.273 e. The van der Waals surface area contributed by atoms with Gasteiger partial charge in [-0.05, 0) is 19.8 Å². The summed E-state index contributed by atoms with van der Waals surface area (Å²) in [7, 11) is 1.46. The highest BCUT2D eigenvalue weighted by atomic mass is 16.2. The fourth-order valence-electron chi connectivity index (χ4n) is 2.18. The highest BCUT2D eigenvalue weighted by Gasteiger charge is 2.40. The number of aryl methyl sites for hydroxylation is 1. The van der Waals surface area contributed by atoms with Crippen LogP contribution in [0.3, 0.4) is 0 Å². The topological polar surface area (TPSA) is 76.9 Å². The summed E-state index contributed by atoms with van der Waals surface area (Å²) in [5.41, 5.74) is -1.15. The van der Waals surface area contributed by atoms with Crippen molar-refractivity contribution in [3.63, 3.8) is 0 Å². The van der Waals surface area contributed by atoms with E-state index < -0.39 is 0 Å². The van der Waals surface area contributed by atoms with E-state index >= 15 is 0 Å². The van der Waals surface area contributed by atoms with Gasteiger partial charge in [-0.2, -0.15) is 0 Å². The van der Waals surface area contributed by atoms with Gasteiger partial charge in [-0.1, -0.05) is 0 Å². The zero-order valence-corrected chi connectivity index (χ0v) is 10.2. The first-order valence-corrected chi connectivity index (χ1v) is 5.79. The normalized spacial score (nSPS) is 17.0. The Bertz CT molecular complexity index is 821. The Hall–Kier alpha value is -2.11. The second kappa shape index (κ2) is 3.22. The fraction of sp³-hybridized carbons (Fsp3) is 0.417. The molecule has 0 atom stereocenters. The zero-order chi connectivity index (χ0) is 13.1. The van der Waals surface area contributed by atoms with Gasteiger partial charge in [0.1, 0.15) is 0 Å². The lowest BCUT2D eigenvalue weighted by Crippen LogP contribution is -2.33. The first kappa shape index (κ1) is 11.0. The van der Waals surface area contributed by atoms with E-state index in [1.807, 2.05) is 6.92 Å². The second-order valence-electron chi connectivity index (χ2n) is 5.11. The summed E-state index contributed by atoms with van der Waals surface area (Å²) in [5.74, 6) is 0. The van der Waals surface area contributed by atoms with Crippen LogP contribution in [-0.4, -0.2) is 14.3 Å². The van der Waals surface area contributed by atoms with E-state index in [-0.39, 0.29) is 33.0 Å². The Balaban J connectivity index is 2.48. The van der Waals surface area contributed by atoms with E-state index in [1.165, 1.54) is 19.3 Å². The number of rotatable bonds is 1. The average Bonchev–Trinajstić information content (AvgIpc) is 3.05. The van der Waals surface area contributed by atoms with Crippen molar-refractivity contribution in [1.82, 2.24) is 14.3 Å². The van der Waals surface area contributed by atoms with Crippen LogP contribution in [0.25, 0.3) is 10.8 Å². The van der Waals surface area contributed by atoms with Crippen molar-refractivity contribution in [2.24, 2.45) is 7.05 Å². The number of aromatic amines is 1. The maximum Gasteiger partial charge on any atom is 0.273 e. The van der Waals surface area contributed by atoms with Gasteiger partial charge >= 0.3 is 0 Å². The van der Waals surface area contributed by atoms with E-state index in [9.17, 15) is 14.4 Å². The predicted octanol–water partition coefficient (Wildman–Crippen LogP) is -0.102. The molecule has 1 fully saturated rings. The first-order valence-electron chi connectivity index (χ1n) is 5.79. The van der Waals surface area contributed by atoms with Crippen LogP contribution in [-0.2, 0) is 12.6 Å². The predicted molar refractivity (Wildman–Crippen MR) is 67.0 cm³/mol. The third kappa shape index (κ3) is 1.38. The molecule has 0 bridgehead atoms. The molecule has 94 valence electrons. The Morgan fingerprint density at radius 3 is 2.50 bits per heavy atom. The largest absolute Gasteiger partial charge is 0.309 e. The maximum absolute atomic E-state index is 12.0. The average molecular weight is 247 g/mol. The fourth-order valence-corrected chi connectivity index (χ4v) is 2.18. The summed E-state index contributed by atoms with van der Waals surface area (Å²) in [5, 5.41) is 2.88. The molecule has 1 aliphatic rings. The number of pyridine rings is 1. The molecule has 0 aromatic carbocycles. The Morgan fingerprint density at radius 1 is 1.22 bits per heavy atom. The van der Waals surface area contributed by atoms with Gasteiger partial charge in [0, 0.05) is 24.8 Å². The number of nitrogens with one attached hydrogen (secondary N) is 1. The number of nitrogens with zero attached hydrogens (tertiary/aromatic N) is 2. The Kier molecular flexibility index (Phi) is 1.97. The molecule has 1 aliphatic carbocycles. The van der Waals surface area contributed by atoms with Crippen molar-refractivity contribution in [2.45, 2.75) is 25.3 Å². The molecule has 2 aromatic heterocycles. The summed E-state index contributed by atoms with van der Waals surface area (Å²) in [6.07, 6.45) is 3.34. The molecule has 2 aromatic rings. The van der Waals surface area contributed by atoms with E-state index in [1.54, 1.807) is 4.57 Å². The van der Waals surface area contributed by atoms with Crippen LogP contribution in [0.2, 0.25) is 0 Å². The summed E-state index contributed by atoms with van der Waals surface area (Å²) in [6, 6.07) is 1.26. The molecule has 1 saturated carbocycles. The van der Waals surface area contributed by atoms with Crippen molar-refractivity contribution < 1.29 is 0 Å². The number of hydrogen-bond acceptors (Lipinski definition) is 3. The Labute approximate surface area is 101 Å².